The molecule has 2 aromatic carbocycles. The number of fused-ring (bicyclic) bond motifs is 1. The normalized spacial score (nSPS) is 23.4. The van der Waals surface area contributed by atoms with E-state index < -0.39 is 28.7 Å². The molecular formula is C30H30FN5O4. The van der Waals surface area contributed by atoms with Crippen molar-refractivity contribution in [1.29, 1.82) is 0 Å². The number of aliphatic hydroxyl groups is 1. The van der Waals surface area contributed by atoms with E-state index >= 15 is 4.39 Å². The van der Waals surface area contributed by atoms with Crippen LogP contribution in [0, 0.1) is 11.2 Å². The van der Waals surface area contributed by atoms with Crippen molar-refractivity contribution in [1.82, 2.24) is 25.3 Å². The molecule has 2 atom stereocenters. The Kier molecular flexibility index (Phi) is 6.47. The van der Waals surface area contributed by atoms with Crippen LogP contribution in [-0.2, 0) is 21.7 Å². The van der Waals surface area contributed by atoms with Crippen LogP contribution in [0.15, 0.2) is 59.5 Å². The molecule has 0 bridgehead atoms. The molecule has 6 rings (SSSR count). The quantitative estimate of drug-likeness (QED) is 0.362. The van der Waals surface area contributed by atoms with Crippen molar-refractivity contribution in [3.05, 3.63) is 77.5 Å². The van der Waals surface area contributed by atoms with Gasteiger partial charge in [-0.2, -0.15) is 4.98 Å². The van der Waals surface area contributed by atoms with Crippen LogP contribution in [0.5, 0.6) is 0 Å². The van der Waals surface area contributed by atoms with E-state index in [1.54, 1.807) is 24.4 Å². The van der Waals surface area contributed by atoms with E-state index in [4.69, 9.17) is 4.52 Å². The van der Waals surface area contributed by atoms with Gasteiger partial charge in [0.1, 0.15) is 5.82 Å². The van der Waals surface area contributed by atoms with Gasteiger partial charge in [0.05, 0.1) is 17.0 Å². The summed E-state index contributed by atoms with van der Waals surface area (Å²) in [5.74, 6) is -1.33. The Hall–Kier alpha value is -4.02. The van der Waals surface area contributed by atoms with E-state index in [1.165, 1.54) is 6.33 Å². The first-order chi connectivity index (χ1) is 19.1. The molecule has 2 N–H and O–H groups in total. The Labute approximate surface area is 230 Å². The smallest absolute Gasteiger partial charge is 0.257 e. The highest BCUT2D eigenvalue weighted by Crippen LogP contribution is 2.48. The second kappa shape index (κ2) is 9.87. The van der Waals surface area contributed by atoms with Gasteiger partial charge < -0.3 is 9.63 Å². The van der Waals surface area contributed by atoms with Crippen LogP contribution in [0.4, 0.5) is 4.39 Å². The van der Waals surface area contributed by atoms with Gasteiger partial charge in [-0.3, -0.25) is 24.8 Å². The number of halogens is 1. The molecule has 2 amide bonds. The molecule has 2 fully saturated rings. The van der Waals surface area contributed by atoms with Gasteiger partial charge in [-0.1, -0.05) is 37.2 Å². The molecule has 9 nitrogen and oxygen atoms in total. The summed E-state index contributed by atoms with van der Waals surface area (Å²) in [5.41, 5.74) is 1.10. The van der Waals surface area contributed by atoms with Crippen molar-refractivity contribution in [3.8, 4) is 11.5 Å². The van der Waals surface area contributed by atoms with Crippen LogP contribution in [0.2, 0.25) is 0 Å². The fourth-order valence-corrected chi connectivity index (χ4v) is 6.07. The number of amides is 2. The topological polar surface area (TPSA) is 121 Å². The molecule has 2 aliphatic heterocycles. The molecule has 0 radical (unpaired) electrons. The van der Waals surface area contributed by atoms with Crippen LogP contribution in [0.3, 0.4) is 0 Å². The van der Waals surface area contributed by atoms with Crippen LogP contribution in [0.25, 0.3) is 22.4 Å². The number of pyridine rings is 1. The summed E-state index contributed by atoms with van der Waals surface area (Å²) in [5, 5.41) is 18.3. The van der Waals surface area contributed by atoms with Crippen molar-refractivity contribution >= 4 is 22.7 Å². The van der Waals surface area contributed by atoms with Gasteiger partial charge in [0.15, 0.2) is 6.33 Å². The Bertz CT molecular complexity index is 1590. The summed E-state index contributed by atoms with van der Waals surface area (Å²) in [6, 6.07) is 12.9. The Morgan fingerprint density at radius 3 is 2.65 bits per heavy atom. The van der Waals surface area contributed by atoms with Crippen LogP contribution in [-0.4, -0.2) is 50.0 Å². The minimum absolute atomic E-state index is 0.226. The Balaban J connectivity index is 1.24. The summed E-state index contributed by atoms with van der Waals surface area (Å²) in [6.07, 6.45) is 3.86. The fourth-order valence-electron chi connectivity index (χ4n) is 6.07. The highest BCUT2D eigenvalue weighted by molar-refractivity contribution is 6.01. The maximum atomic E-state index is 16.2. The maximum Gasteiger partial charge on any atom is 0.257 e. The highest BCUT2D eigenvalue weighted by atomic mass is 19.1. The number of imide groups is 1. The van der Waals surface area contributed by atoms with Crippen molar-refractivity contribution in [2.24, 2.45) is 5.41 Å². The van der Waals surface area contributed by atoms with Crippen molar-refractivity contribution < 1.29 is 23.6 Å². The first kappa shape index (κ1) is 26.2. The number of hydrogen-bond acceptors (Lipinski definition) is 8. The standard InChI is InChI=1S/C30H30FN5O4/c1-29(2)16-36(15-18-3-5-19(6-4-18)28-33-17-34-40-28)12-11-30(29,39)23-8-9-24-22(26(23)31)13-20(14-32-24)21-7-10-25(37)35-27(21)38/h3-6,8-9,13-14,17,21,39H,7,10-12,15-16H2,1-2H3,(H,35,37,38)/t21-,30+/m0/s1. The van der Waals surface area contributed by atoms with Gasteiger partial charge in [0.2, 0.25) is 11.8 Å². The Morgan fingerprint density at radius 1 is 1.15 bits per heavy atom. The summed E-state index contributed by atoms with van der Waals surface area (Å²) in [7, 11) is 0. The van der Waals surface area contributed by atoms with Gasteiger partial charge in [0, 0.05) is 54.2 Å². The number of carbonyl (C=O) groups excluding carboxylic acids is 2. The third kappa shape index (κ3) is 4.56. The fraction of sp³-hybridized carbons (Fsp3) is 0.367. The van der Waals surface area contributed by atoms with Gasteiger partial charge in [-0.15, -0.1) is 0 Å². The Morgan fingerprint density at radius 2 is 1.95 bits per heavy atom. The van der Waals surface area contributed by atoms with Crippen LogP contribution >= 0.6 is 0 Å². The zero-order chi connectivity index (χ0) is 28.1. The predicted molar refractivity (Wildman–Crippen MR) is 144 cm³/mol. The largest absolute Gasteiger partial charge is 0.384 e. The number of nitrogens with one attached hydrogen (secondary N) is 1. The summed E-state index contributed by atoms with van der Waals surface area (Å²) < 4.78 is 21.3. The number of piperidine rings is 2. The van der Waals surface area contributed by atoms with E-state index in [2.05, 4.69) is 25.3 Å². The molecule has 0 spiro atoms. The lowest BCUT2D eigenvalue weighted by Crippen LogP contribution is -2.55. The third-order valence-corrected chi connectivity index (χ3v) is 8.40. The first-order valence-corrected chi connectivity index (χ1v) is 13.4. The van der Waals surface area contributed by atoms with Gasteiger partial charge in [-0.25, -0.2) is 4.39 Å². The minimum atomic E-state index is -1.41. The monoisotopic (exact) mass is 543 g/mol. The lowest BCUT2D eigenvalue weighted by atomic mass is 9.66. The molecule has 2 saturated heterocycles. The second-order valence-electron chi connectivity index (χ2n) is 11.4. The molecule has 2 aliphatic rings. The zero-order valence-corrected chi connectivity index (χ0v) is 22.4. The predicted octanol–water partition coefficient (Wildman–Crippen LogP) is 4.06. The number of rotatable bonds is 5. The molecular weight excluding hydrogens is 513 g/mol. The van der Waals surface area contributed by atoms with Gasteiger partial charge >= 0.3 is 0 Å². The lowest BCUT2D eigenvalue weighted by Gasteiger charge is -2.50. The first-order valence-electron chi connectivity index (χ1n) is 13.4. The minimum Gasteiger partial charge on any atom is -0.384 e. The van der Waals surface area contributed by atoms with Crippen LogP contribution in [0.1, 0.15) is 55.7 Å². The van der Waals surface area contributed by atoms with E-state index in [1.807, 2.05) is 38.1 Å². The lowest BCUT2D eigenvalue weighted by molar-refractivity contribution is -0.134. The zero-order valence-electron chi connectivity index (χ0n) is 22.4. The van der Waals surface area contributed by atoms with E-state index in [0.717, 1.165) is 11.1 Å². The van der Waals surface area contributed by atoms with Crippen molar-refractivity contribution in [2.45, 2.75) is 51.2 Å². The number of hydrogen-bond donors (Lipinski definition) is 2. The number of nitrogens with zero attached hydrogens (tertiary/aromatic N) is 4. The summed E-state index contributed by atoms with van der Waals surface area (Å²) in [6.45, 7) is 5.74. The summed E-state index contributed by atoms with van der Waals surface area (Å²) in [4.78, 5) is 34.7. The van der Waals surface area contributed by atoms with Gasteiger partial charge in [-0.05, 0) is 48.2 Å². The number of carbonyl (C=O) groups is 2. The highest BCUT2D eigenvalue weighted by Gasteiger charge is 2.50. The summed E-state index contributed by atoms with van der Waals surface area (Å²) >= 11 is 0. The van der Waals surface area contributed by atoms with E-state index in [0.29, 0.717) is 49.4 Å². The average molecular weight is 544 g/mol. The van der Waals surface area contributed by atoms with E-state index in [-0.39, 0.29) is 23.3 Å². The molecule has 0 aliphatic carbocycles. The molecule has 40 heavy (non-hydrogen) atoms. The van der Waals surface area contributed by atoms with E-state index in [9.17, 15) is 14.7 Å². The van der Waals surface area contributed by atoms with Gasteiger partial charge in [0.25, 0.3) is 5.89 Å². The molecule has 206 valence electrons. The molecule has 4 heterocycles. The second-order valence-corrected chi connectivity index (χ2v) is 11.4. The van der Waals surface area contributed by atoms with Crippen molar-refractivity contribution in [3.63, 3.8) is 0 Å². The number of aromatic nitrogens is 3. The molecule has 2 aromatic heterocycles. The maximum absolute atomic E-state index is 16.2. The molecule has 4 aromatic rings. The molecule has 10 heteroatoms. The average Bonchev–Trinajstić information content (AvgIpc) is 3.47. The SMILES string of the molecule is CC1(C)CN(Cc2ccc(-c3ncno3)cc2)CC[C@@]1(O)c1ccc2ncc([C@@H]3CCC(=O)NC3=O)cc2c1F. The molecule has 0 unspecified atom stereocenters. The van der Waals surface area contributed by atoms with Crippen LogP contribution < -0.4 is 5.32 Å². The number of benzene rings is 2. The molecule has 0 saturated carbocycles. The number of likely N-dealkylation sites (tertiary alicyclic amines) is 1. The van der Waals surface area contributed by atoms with Crippen molar-refractivity contribution in [2.75, 3.05) is 13.1 Å². The third-order valence-electron chi connectivity index (χ3n) is 8.40.